The third-order valence-corrected chi connectivity index (χ3v) is 4.02. The van der Waals surface area contributed by atoms with Crippen LogP contribution >= 0.6 is 0 Å². The fraction of sp³-hybridized carbons (Fsp3) is 0.200. The molecule has 0 heterocycles. The molecule has 2 aromatic rings. The van der Waals surface area contributed by atoms with Crippen molar-refractivity contribution in [2.45, 2.75) is 24.9 Å². The lowest BCUT2D eigenvalue weighted by Crippen LogP contribution is -2.51. The maximum atomic E-state index is 12.5. The molecule has 138 valence electrons. The lowest BCUT2D eigenvalue weighted by molar-refractivity contribution is -0.128. The molecule has 2 atom stereocenters. The SMILES string of the molecule is [N-]=[N+]=C(C=O)C(=O)C(Cc1ccccc1)NC(=O)C(N)Cc1ccccc1. The van der Waals surface area contributed by atoms with E-state index in [1.807, 2.05) is 36.4 Å². The van der Waals surface area contributed by atoms with Crippen LogP contribution in [0.15, 0.2) is 60.7 Å². The topological polar surface area (TPSA) is 126 Å². The molecule has 2 aromatic carbocycles. The van der Waals surface area contributed by atoms with Crippen LogP contribution in [-0.2, 0) is 27.2 Å². The predicted molar refractivity (Wildman–Crippen MR) is 99.9 cm³/mol. The van der Waals surface area contributed by atoms with Gasteiger partial charge in [0.05, 0.1) is 6.04 Å². The first kappa shape index (κ1) is 19.9. The minimum atomic E-state index is -1.07. The Bertz CT molecular complexity index is 846. The number of benzene rings is 2. The summed E-state index contributed by atoms with van der Waals surface area (Å²) < 4.78 is 0. The molecule has 0 aliphatic carbocycles. The van der Waals surface area contributed by atoms with Crippen LogP contribution in [0.1, 0.15) is 11.1 Å². The monoisotopic (exact) mass is 364 g/mol. The van der Waals surface area contributed by atoms with Crippen LogP contribution in [0.5, 0.6) is 0 Å². The molecule has 0 fully saturated rings. The van der Waals surface area contributed by atoms with E-state index < -0.39 is 29.5 Å². The highest BCUT2D eigenvalue weighted by molar-refractivity contribution is 6.59. The Morgan fingerprint density at radius 2 is 1.52 bits per heavy atom. The first-order valence-corrected chi connectivity index (χ1v) is 8.40. The number of aldehydes is 1. The molecule has 1 amide bonds. The third-order valence-electron chi connectivity index (χ3n) is 4.02. The number of carbonyl (C=O) groups is 3. The van der Waals surface area contributed by atoms with Gasteiger partial charge < -0.3 is 16.6 Å². The molecule has 2 unspecified atom stereocenters. The van der Waals surface area contributed by atoms with Gasteiger partial charge in [-0.3, -0.25) is 14.4 Å². The molecule has 0 saturated carbocycles. The highest BCUT2D eigenvalue weighted by Gasteiger charge is 2.31. The van der Waals surface area contributed by atoms with Crippen LogP contribution < -0.4 is 11.1 Å². The van der Waals surface area contributed by atoms with Crippen molar-refractivity contribution in [3.05, 3.63) is 77.3 Å². The highest BCUT2D eigenvalue weighted by atomic mass is 16.2. The van der Waals surface area contributed by atoms with E-state index in [1.54, 1.807) is 24.3 Å². The summed E-state index contributed by atoms with van der Waals surface area (Å²) in [4.78, 5) is 38.6. The molecule has 27 heavy (non-hydrogen) atoms. The number of rotatable bonds is 9. The Morgan fingerprint density at radius 3 is 2.00 bits per heavy atom. The summed E-state index contributed by atoms with van der Waals surface area (Å²) in [6.07, 6.45) is 0.584. The zero-order valence-corrected chi connectivity index (χ0v) is 14.6. The van der Waals surface area contributed by atoms with Crippen LogP contribution in [0.25, 0.3) is 5.53 Å². The summed E-state index contributed by atoms with van der Waals surface area (Å²) >= 11 is 0. The number of hydrogen-bond acceptors (Lipinski definition) is 4. The fourth-order valence-corrected chi connectivity index (χ4v) is 2.61. The van der Waals surface area contributed by atoms with Gasteiger partial charge in [-0.15, -0.1) is 0 Å². The normalized spacial score (nSPS) is 12.3. The molecule has 0 aliphatic rings. The third kappa shape index (κ3) is 5.81. The molecule has 2 rings (SSSR count). The lowest BCUT2D eigenvalue weighted by atomic mass is 9.99. The number of nitrogens with one attached hydrogen (secondary N) is 1. The van der Waals surface area contributed by atoms with Gasteiger partial charge in [-0.05, 0) is 17.5 Å². The van der Waals surface area contributed by atoms with Gasteiger partial charge in [0.25, 0.3) is 5.78 Å². The van der Waals surface area contributed by atoms with E-state index in [-0.39, 0.29) is 12.7 Å². The standard InChI is InChI=1S/C20H20N4O3/c21-16(11-14-7-3-1-4-8-14)20(27)23-17(19(26)18(13-25)24-22)12-15-9-5-2-6-10-15/h1-10,13,16-17H,11-12,21H2,(H,23,27). The van der Waals surface area contributed by atoms with E-state index in [1.165, 1.54) is 0 Å². The number of ketones is 1. The summed E-state index contributed by atoms with van der Waals surface area (Å²) in [5.74, 6) is -1.31. The zero-order valence-electron chi connectivity index (χ0n) is 14.6. The van der Waals surface area contributed by atoms with Gasteiger partial charge in [0, 0.05) is 6.42 Å². The Morgan fingerprint density at radius 1 is 1.00 bits per heavy atom. The molecular weight excluding hydrogens is 344 g/mol. The molecule has 0 aromatic heterocycles. The van der Waals surface area contributed by atoms with Crippen molar-refractivity contribution >= 4 is 23.7 Å². The molecule has 3 N–H and O–H groups in total. The van der Waals surface area contributed by atoms with Crippen molar-refractivity contribution in [1.29, 1.82) is 0 Å². The van der Waals surface area contributed by atoms with Crippen LogP contribution in [0.4, 0.5) is 0 Å². The van der Waals surface area contributed by atoms with Crippen molar-refractivity contribution < 1.29 is 19.2 Å². The number of nitrogens with zero attached hydrogens (tertiary/aromatic N) is 2. The van der Waals surface area contributed by atoms with Gasteiger partial charge in [-0.1, -0.05) is 60.7 Å². The maximum Gasteiger partial charge on any atom is 0.399 e. The van der Waals surface area contributed by atoms with Gasteiger partial charge in [0.2, 0.25) is 12.2 Å². The fourth-order valence-electron chi connectivity index (χ4n) is 2.61. The summed E-state index contributed by atoms with van der Waals surface area (Å²) in [5, 5.41) is 2.57. The molecule has 7 heteroatoms. The first-order chi connectivity index (χ1) is 13.0. The quantitative estimate of drug-likeness (QED) is 0.223. The second-order valence-electron chi connectivity index (χ2n) is 6.01. The summed E-state index contributed by atoms with van der Waals surface area (Å²) in [6, 6.07) is 16.3. The Hall–Kier alpha value is -3.41. The minimum Gasteiger partial charge on any atom is -0.360 e. The second kappa shape index (κ2) is 9.91. The number of Topliss-reactive ketones (excluding diaryl/α,β-unsaturated/α-hetero) is 1. The Balaban J connectivity index is 2.14. The van der Waals surface area contributed by atoms with Gasteiger partial charge >= 0.3 is 5.71 Å². The minimum absolute atomic E-state index is 0.135. The highest BCUT2D eigenvalue weighted by Crippen LogP contribution is 2.06. The van der Waals surface area contributed by atoms with E-state index in [0.717, 1.165) is 11.1 Å². The lowest BCUT2D eigenvalue weighted by Gasteiger charge is -2.18. The largest absolute Gasteiger partial charge is 0.399 e. The van der Waals surface area contributed by atoms with E-state index in [2.05, 4.69) is 10.1 Å². The van der Waals surface area contributed by atoms with E-state index in [9.17, 15) is 14.4 Å². The average Bonchev–Trinajstić information content (AvgIpc) is 2.69. The molecule has 7 nitrogen and oxygen atoms in total. The average molecular weight is 364 g/mol. The molecule has 0 aliphatic heterocycles. The van der Waals surface area contributed by atoms with E-state index >= 15 is 0 Å². The summed E-state index contributed by atoms with van der Waals surface area (Å²) in [7, 11) is 0. The number of nitrogens with two attached hydrogens (primary N) is 1. The smallest absolute Gasteiger partial charge is 0.360 e. The molecule has 0 saturated heterocycles. The number of hydrogen-bond donors (Lipinski definition) is 2. The van der Waals surface area contributed by atoms with Gasteiger partial charge in [-0.2, -0.15) is 4.79 Å². The predicted octanol–water partition coefficient (Wildman–Crippen LogP) is 0.723. The van der Waals surface area contributed by atoms with Crippen LogP contribution in [0.3, 0.4) is 0 Å². The van der Waals surface area contributed by atoms with Crippen molar-refractivity contribution in [2.75, 3.05) is 0 Å². The van der Waals surface area contributed by atoms with Crippen molar-refractivity contribution in [2.24, 2.45) is 5.73 Å². The number of amides is 1. The van der Waals surface area contributed by atoms with Gasteiger partial charge in [-0.25, -0.2) is 0 Å². The molecule has 0 radical (unpaired) electrons. The van der Waals surface area contributed by atoms with E-state index in [4.69, 9.17) is 11.3 Å². The molecular formula is C20H20N4O3. The molecule has 0 spiro atoms. The van der Waals surface area contributed by atoms with E-state index in [0.29, 0.717) is 6.42 Å². The summed E-state index contributed by atoms with van der Waals surface area (Å²) in [5.41, 5.74) is 15.8. The van der Waals surface area contributed by atoms with Gasteiger partial charge in [0.15, 0.2) is 0 Å². The van der Waals surface area contributed by atoms with Crippen molar-refractivity contribution in [1.82, 2.24) is 5.32 Å². The molecule has 0 bridgehead atoms. The van der Waals surface area contributed by atoms with Gasteiger partial charge in [0.1, 0.15) is 6.04 Å². The zero-order chi connectivity index (χ0) is 19.6. The second-order valence-corrected chi connectivity index (χ2v) is 6.01. The van der Waals surface area contributed by atoms with Crippen molar-refractivity contribution in [3.8, 4) is 0 Å². The van der Waals surface area contributed by atoms with Crippen molar-refractivity contribution in [3.63, 3.8) is 0 Å². The first-order valence-electron chi connectivity index (χ1n) is 8.40. The summed E-state index contributed by atoms with van der Waals surface area (Å²) in [6.45, 7) is 0. The Labute approximate surface area is 156 Å². The Kier molecular flexibility index (Phi) is 7.31. The van der Waals surface area contributed by atoms with Crippen LogP contribution in [0.2, 0.25) is 0 Å². The maximum absolute atomic E-state index is 12.5. The van der Waals surface area contributed by atoms with Crippen LogP contribution in [0, 0.1) is 0 Å². The number of carbonyl (C=O) groups excluding carboxylic acids is 3. The van der Waals surface area contributed by atoms with Crippen LogP contribution in [-0.4, -0.2) is 40.6 Å².